The van der Waals surface area contributed by atoms with E-state index in [2.05, 4.69) is 42.5 Å². The molecule has 0 aromatic heterocycles. The Kier molecular flexibility index (Phi) is 5.50. The lowest BCUT2D eigenvalue weighted by atomic mass is 10.3. The van der Waals surface area contributed by atoms with Crippen molar-refractivity contribution < 1.29 is 9.53 Å². The molecule has 21 heavy (non-hydrogen) atoms. The summed E-state index contributed by atoms with van der Waals surface area (Å²) in [5.74, 6) is 0.530. The van der Waals surface area contributed by atoms with Crippen molar-refractivity contribution in [3.8, 4) is 5.75 Å². The zero-order valence-corrected chi connectivity index (χ0v) is 14.8. The van der Waals surface area contributed by atoms with Gasteiger partial charge in [-0.05, 0) is 52.3 Å². The molecule has 0 fully saturated rings. The third kappa shape index (κ3) is 4.36. The number of rotatable bonds is 3. The van der Waals surface area contributed by atoms with Crippen LogP contribution in [0.4, 0.5) is 16.2 Å². The van der Waals surface area contributed by atoms with Gasteiger partial charge in [-0.2, -0.15) is 0 Å². The van der Waals surface area contributed by atoms with E-state index in [4.69, 9.17) is 16.3 Å². The smallest absolute Gasteiger partial charge is 0.323 e. The minimum absolute atomic E-state index is 0.394. The molecule has 0 radical (unpaired) electrons. The number of benzene rings is 2. The second kappa shape index (κ2) is 7.15. The monoisotopic (exact) mass is 432 g/mol. The maximum atomic E-state index is 12.1. The Balaban J connectivity index is 2.15. The van der Waals surface area contributed by atoms with Crippen LogP contribution in [0.1, 0.15) is 0 Å². The van der Waals surface area contributed by atoms with Crippen LogP contribution >= 0.6 is 43.5 Å². The number of hydrogen-bond donors (Lipinski definition) is 2. The van der Waals surface area contributed by atoms with Crippen LogP contribution < -0.4 is 15.4 Å². The molecule has 0 saturated carbocycles. The molecule has 2 amide bonds. The first-order chi connectivity index (χ1) is 9.99. The molecule has 2 aromatic carbocycles. The standard InChI is InChI=1S/C14H11Br2ClN2O2/c1-21-13-5-3-9(17)7-12(13)19-14(20)18-11-6-8(15)2-4-10(11)16/h2-7H,1H3,(H2,18,19,20). The van der Waals surface area contributed by atoms with E-state index in [1.807, 2.05) is 12.1 Å². The number of hydrogen-bond acceptors (Lipinski definition) is 2. The normalized spacial score (nSPS) is 10.1. The van der Waals surface area contributed by atoms with Crippen LogP contribution in [0.3, 0.4) is 0 Å². The topological polar surface area (TPSA) is 50.4 Å². The predicted molar refractivity (Wildman–Crippen MR) is 92.5 cm³/mol. The van der Waals surface area contributed by atoms with Crippen LogP contribution in [-0.4, -0.2) is 13.1 Å². The maximum Gasteiger partial charge on any atom is 0.323 e. The van der Waals surface area contributed by atoms with E-state index in [9.17, 15) is 4.79 Å². The molecule has 0 aliphatic heterocycles. The van der Waals surface area contributed by atoms with E-state index in [-0.39, 0.29) is 0 Å². The summed E-state index contributed by atoms with van der Waals surface area (Å²) in [6.07, 6.45) is 0. The van der Waals surface area contributed by atoms with Gasteiger partial charge in [0, 0.05) is 14.0 Å². The highest BCUT2D eigenvalue weighted by Crippen LogP contribution is 2.29. The number of nitrogens with one attached hydrogen (secondary N) is 2. The second-order valence-corrected chi connectivity index (χ2v) is 6.25. The van der Waals surface area contributed by atoms with Crippen LogP contribution in [0.5, 0.6) is 5.75 Å². The van der Waals surface area contributed by atoms with Gasteiger partial charge in [-0.1, -0.05) is 27.5 Å². The number of methoxy groups -OCH3 is 1. The Hall–Kier alpha value is -1.24. The molecule has 4 nitrogen and oxygen atoms in total. The number of amides is 2. The summed E-state index contributed by atoms with van der Waals surface area (Å²) in [7, 11) is 1.53. The molecule has 0 atom stereocenters. The van der Waals surface area contributed by atoms with E-state index in [1.54, 1.807) is 24.3 Å². The van der Waals surface area contributed by atoms with Gasteiger partial charge in [-0.15, -0.1) is 0 Å². The molecular formula is C14H11Br2ClN2O2. The fourth-order valence-electron chi connectivity index (χ4n) is 1.65. The first-order valence-corrected chi connectivity index (χ1v) is 7.82. The Morgan fingerprint density at radius 1 is 1.10 bits per heavy atom. The molecular weight excluding hydrogens is 423 g/mol. The second-order valence-electron chi connectivity index (χ2n) is 4.05. The molecule has 0 saturated heterocycles. The first-order valence-electron chi connectivity index (χ1n) is 5.86. The molecule has 0 unspecified atom stereocenters. The average Bonchev–Trinajstić information content (AvgIpc) is 2.43. The molecule has 2 N–H and O–H groups in total. The van der Waals surface area contributed by atoms with Crippen LogP contribution in [0.2, 0.25) is 5.02 Å². The summed E-state index contributed by atoms with van der Waals surface area (Å²) in [6.45, 7) is 0. The predicted octanol–water partition coefficient (Wildman–Crippen LogP) is 5.52. The van der Waals surface area contributed by atoms with E-state index >= 15 is 0 Å². The van der Waals surface area contributed by atoms with Gasteiger partial charge in [0.2, 0.25) is 0 Å². The van der Waals surface area contributed by atoms with Crippen molar-refractivity contribution >= 4 is 60.9 Å². The number of carbonyl (C=O) groups excluding carboxylic acids is 1. The quantitative estimate of drug-likeness (QED) is 0.669. The van der Waals surface area contributed by atoms with Gasteiger partial charge in [0.1, 0.15) is 5.75 Å². The first kappa shape index (κ1) is 16.1. The fraction of sp³-hybridized carbons (Fsp3) is 0.0714. The summed E-state index contributed by atoms with van der Waals surface area (Å²) in [6, 6.07) is 10.1. The highest BCUT2D eigenvalue weighted by molar-refractivity contribution is 9.11. The SMILES string of the molecule is COc1ccc(Cl)cc1NC(=O)Nc1cc(Br)ccc1Br. The van der Waals surface area contributed by atoms with Crippen molar-refractivity contribution in [2.45, 2.75) is 0 Å². The van der Waals surface area contributed by atoms with Crippen molar-refractivity contribution in [1.29, 1.82) is 0 Å². The minimum atomic E-state index is -0.394. The zero-order valence-electron chi connectivity index (χ0n) is 10.9. The lowest BCUT2D eigenvalue weighted by Gasteiger charge is -2.12. The Bertz CT molecular complexity index is 680. The van der Waals surface area contributed by atoms with Crippen LogP contribution in [-0.2, 0) is 0 Å². The van der Waals surface area contributed by atoms with Gasteiger partial charge in [0.25, 0.3) is 0 Å². The number of urea groups is 1. The Labute approximate surface area is 144 Å². The van der Waals surface area contributed by atoms with Gasteiger partial charge in [-0.25, -0.2) is 4.79 Å². The molecule has 2 rings (SSSR count). The number of anilines is 2. The largest absolute Gasteiger partial charge is 0.495 e. The van der Waals surface area contributed by atoms with Crippen molar-refractivity contribution in [2.75, 3.05) is 17.7 Å². The van der Waals surface area contributed by atoms with Gasteiger partial charge >= 0.3 is 6.03 Å². The van der Waals surface area contributed by atoms with Crippen molar-refractivity contribution in [3.05, 3.63) is 50.4 Å². The van der Waals surface area contributed by atoms with E-state index in [0.717, 1.165) is 8.95 Å². The maximum absolute atomic E-state index is 12.1. The van der Waals surface area contributed by atoms with Gasteiger partial charge in [0.05, 0.1) is 18.5 Å². The Morgan fingerprint density at radius 3 is 2.52 bits per heavy atom. The van der Waals surface area contributed by atoms with Gasteiger partial charge in [0.15, 0.2) is 0 Å². The summed E-state index contributed by atoms with van der Waals surface area (Å²) >= 11 is 12.7. The van der Waals surface area contributed by atoms with Crippen molar-refractivity contribution in [2.24, 2.45) is 0 Å². The third-order valence-corrected chi connectivity index (χ3v) is 4.01. The number of ether oxygens (including phenoxy) is 1. The van der Waals surface area contributed by atoms with E-state index < -0.39 is 6.03 Å². The molecule has 0 spiro atoms. The summed E-state index contributed by atoms with van der Waals surface area (Å²) in [5, 5.41) is 5.96. The van der Waals surface area contributed by atoms with Crippen LogP contribution in [0.25, 0.3) is 0 Å². The molecule has 0 heterocycles. The lowest BCUT2D eigenvalue weighted by molar-refractivity contribution is 0.262. The summed E-state index contributed by atoms with van der Waals surface area (Å²) in [4.78, 5) is 12.1. The van der Waals surface area contributed by atoms with Crippen LogP contribution in [0.15, 0.2) is 45.3 Å². The molecule has 0 bridgehead atoms. The van der Waals surface area contributed by atoms with Gasteiger partial charge < -0.3 is 15.4 Å². The average molecular weight is 435 g/mol. The summed E-state index contributed by atoms with van der Waals surface area (Å²) in [5.41, 5.74) is 1.14. The molecule has 0 aliphatic rings. The Morgan fingerprint density at radius 2 is 1.81 bits per heavy atom. The fourth-order valence-corrected chi connectivity index (χ4v) is 2.53. The minimum Gasteiger partial charge on any atom is -0.495 e. The number of carbonyl (C=O) groups is 1. The van der Waals surface area contributed by atoms with Crippen LogP contribution in [0, 0.1) is 0 Å². The lowest BCUT2D eigenvalue weighted by Crippen LogP contribution is -2.20. The highest BCUT2D eigenvalue weighted by atomic mass is 79.9. The van der Waals surface area contributed by atoms with Gasteiger partial charge in [-0.3, -0.25) is 0 Å². The van der Waals surface area contributed by atoms with E-state index in [1.165, 1.54) is 7.11 Å². The van der Waals surface area contributed by atoms with Crippen molar-refractivity contribution in [3.63, 3.8) is 0 Å². The highest BCUT2D eigenvalue weighted by Gasteiger charge is 2.10. The summed E-state index contributed by atoms with van der Waals surface area (Å²) < 4.78 is 6.82. The van der Waals surface area contributed by atoms with Crippen molar-refractivity contribution in [1.82, 2.24) is 0 Å². The molecule has 0 aliphatic carbocycles. The molecule has 7 heteroatoms. The molecule has 110 valence electrons. The zero-order chi connectivity index (χ0) is 15.4. The van der Waals surface area contributed by atoms with E-state index in [0.29, 0.717) is 22.1 Å². The third-order valence-electron chi connectivity index (χ3n) is 2.59. The molecule has 2 aromatic rings. The number of halogens is 3.